The van der Waals surface area contributed by atoms with Crippen molar-refractivity contribution >= 4 is 22.7 Å². The van der Waals surface area contributed by atoms with E-state index in [1.54, 1.807) is 0 Å². The molecule has 0 amide bonds. The van der Waals surface area contributed by atoms with Crippen LogP contribution in [0.25, 0.3) is 0 Å². The van der Waals surface area contributed by atoms with Gasteiger partial charge in [0.1, 0.15) is 0 Å². The molecular formula is C27H27OP. The van der Waals surface area contributed by atoms with Gasteiger partial charge in [-0.3, -0.25) is 0 Å². The second kappa shape index (κ2) is 7.10. The fourth-order valence-corrected chi connectivity index (χ4v) is 12.5. The van der Waals surface area contributed by atoms with Crippen LogP contribution >= 0.6 is 6.83 Å². The van der Waals surface area contributed by atoms with E-state index >= 15 is 0 Å². The summed E-state index contributed by atoms with van der Waals surface area (Å²) in [6.45, 7) is -0.962. The van der Waals surface area contributed by atoms with Crippen LogP contribution in [0.1, 0.15) is 13.3 Å². The fraction of sp³-hybridized carbons (Fsp3) is 0.185. The van der Waals surface area contributed by atoms with Crippen LogP contribution in [0.5, 0.6) is 0 Å². The molecule has 0 N–H and O–H groups in total. The molecule has 0 spiro atoms. The summed E-state index contributed by atoms with van der Waals surface area (Å²) in [7, 11) is 0. The van der Waals surface area contributed by atoms with Crippen molar-refractivity contribution < 1.29 is 4.52 Å². The van der Waals surface area contributed by atoms with Crippen molar-refractivity contribution in [3.8, 4) is 0 Å². The summed E-state index contributed by atoms with van der Waals surface area (Å²) in [6, 6.07) is 33.0. The van der Waals surface area contributed by atoms with Crippen molar-refractivity contribution in [3.05, 3.63) is 115 Å². The van der Waals surface area contributed by atoms with Crippen LogP contribution in [0.3, 0.4) is 0 Å². The van der Waals surface area contributed by atoms with E-state index in [-0.39, 0.29) is 6.10 Å². The molecule has 1 aliphatic carbocycles. The summed E-state index contributed by atoms with van der Waals surface area (Å²) < 4.78 is 7.52. The Balaban J connectivity index is 1.97. The second-order valence-corrected chi connectivity index (χ2v) is 12.6. The molecule has 2 unspecified atom stereocenters. The summed E-state index contributed by atoms with van der Waals surface area (Å²) >= 11 is 0. The third-order valence-electron chi connectivity index (χ3n) is 6.71. The monoisotopic (exact) mass is 398 g/mol. The predicted molar refractivity (Wildman–Crippen MR) is 126 cm³/mol. The minimum absolute atomic E-state index is 0.194. The molecule has 0 saturated carbocycles. The van der Waals surface area contributed by atoms with Crippen LogP contribution < -0.4 is 15.9 Å². The average Bonchev–Trinajstić information content (AvgIpc) is 3.14. The quantitative estimate of drug-likeness (QED) is 0.538. The maximum atomic E-state index is 7.52. The van der Waals surface area contributed by atoms with Gasteiger partial charge in [0.25, 0.3) is 0 Å². The fourth-order valence-electron chi connectivity index (χ4n) is 5.54. The molecule has 146 valence electrons. The van der Waals surface area contributed by atoms with Gasteiger partial charge in [-0.2, -0.15) is 0 Å². The molecule has 29 heavy (non-hydrogen) atoms. The molecular weight excluding hydrogens is 371 g/mol. The van der Waals surface area contributed by atoms with E-state index in [9.17, 15) is 0 Å². The first-order valence-electron chi connectivity index (χ1n) is 10.5. The Morgan fingerprint density at radius 1 is 0.655 bits per heavy atom. The molecule has 1 aliphatic heterocycles. The van der Waals surface area contributed by atoms with Crippen LogP contribution in [0.4, 0.5) is 0 Å². The van der Waals surface area contributed by atoms with E-state index in [1.165, 1.54) is 15.9 Å². The van der Waals surface area contributed by atoms with Gasteiger partial charge in [-0.1, -0.05) is 0 Å². The van der Waals surface area contributed by atoms with Crippen molar-refractivity contribution in [2.45, 2.75) is 25.1 Å². The van der Waals surface area contributed by atoms with E-state index in [2.05, 4.69) is 122 Å². The Hall–Kier alpha value is -2.47. The molecule has 3 aromatic carbocycles. The van der Waals surface area contributed by atoms with Gasteiger partial charge in [0, 0.05) is 0 Å². The van der Waals surface area contributed by atoms with Crippen molar-refractivity contribution in [3.63, 3.8) is 0 Å². The van der Waals surface area contributed by atoms with Crippen LogP contribution in [0.15, 0.2) is 115 Å². The van der Waals surface area contributed by atoms with Crippen LogP contribution in [-0.4, -0.2) is 11.8 Å². The van der Waals surface area contributed by atoms with Gasteiger partial charge < -0.3 is 0 Å². The molecule has 1 heterocycles. The summed E-state index contributed by atoms with van der Waals surface area (Å²) in [5.74, 6) is 0.378. The molecule has 1 fully saturated rings. The molecule has 2 heteroatoms. The molecule has 3 atom stereocenters. The first-order valence-corrected chi connectivity index (χ1v) is 12.8. The van der Waals surface area contributed by atoms with E-state index in [0.717, 1.165) is 6.42 Å². The molecule has 0 radical (unpaired) electrons. The van der Waals surface area contributed by atoms with Crippen molar-refractivity contribution in [2.24, 2.45) is 5.92 Å². The second-order valence-electron chi connectivity index (χ2n) is 8.00. The average molecular weight is 398 g/mol. The Kier molecular flexibility index (Phi) is 4.54. The van der Waals surface area contributed by atoms with Gasteiger partial charge in [0.15, 0.2) is 0 Å². The molecule has 5 rings (SSSR count). The summed E-state index contributed by atoms with van der Waals surface area (Å²) in [5.41, 5.74) is 0.295. The number of hydrogen-bond acceptors (Lipinski definition) is 1. The van der Waals surface area contributed by atoms with Gasteiger partial charge in [0.05, 0.1) is 0 Å². The molecule has 1 nitrogen and oxygen atoms in total. The predicted octanol–water partition coefficient (Wildman–Crippen LogP) is 5.35. The van der Waals surface area contributed by atoms with E-state index in [0.29, 0.717) is 11.6 Å². The zero-order chi connectivity index (χ0) is 19.8. The SMILES string of the molecule is CCC1OP(c2ccccc2)(c2ccccc2)(c2ccccc2)C2C=CC=C[C@H]12. The third-order valence-corrected chi connectivity index (χ3v) is 13.0. The zero-order valence-electron chi connectivity index (χ0n) is 16.8. The summed E-state index contributed by atoms with van der Waals surface area (Å²) in [5, 5.41) is 3.96. The van der Waals surface area contributed by atoms with Crippen molar-refractivity contribution in [1.82, 2.24) is 0 Å². The zero-order valence-corrected chi connectivity index (χ0v) is 17.7. The molecule has 0 bridgehead atoms. The number of allylic oxidation sites excluding steroid dienone is 3. The molecule has 2 aliphatic rings. The Bertz CT molecular complexity index is 940. The maximum absolute atomic E-state index is 7.52. The molecule has 0 aromatic heterocycles. The van der Waals surface area contributed by atoms with Gasteiger partial charge in [-0.15, -0.1) is 0 Å². The van der Waals surface area contributed by atoms with Gasteiger partial charge in [0.2, 0.25) is 0 Å². The number of fused-ring (bicyclic) bond motifs is 1. The Morgan fingerprint density at radius 2 is 1.10 bits per heavy atom. The third kappa shape index (κ3) is 2.41. The Morgan fingerprint density at radius 3 is 1.55 bits per heavy atom. The van der Waals surface area contributed by atoms with Crippen LogP contribution in [-0.2, 0) is 4.52 Å². The van der Waals surface area contributed by atoms with Gasteiger partial charge >= 0.3 is 174 Å². The van der Waals surface area contributed by atoms with E-state index in [4.69, 9.17) is 4.52 Å². The first kappa shape index (κ1) is 18.6. The normalized spacial score (nSPS) is 27.6. The topological polar surface area (TPSA) is 9.23 Å². The van der Waals surface area contributed by atoms with E-state index in [1.807, 2.05) is 0 Å². The van der Waals surface area contributed by atoms with Gasteiger partial charge in [-0.05, 0) is 0 Å². The first-order chi connectivity index (χ1) is 14.3. The van der Waals surface area contributed by atoms with E-state index < -0.39 is 6.83 Å². The molecule has 1 saturated heterocycles. The van der Waals surface area contributed by atoms with Crippen LogP contribution in [0.2, 0.25) is 0 Å². The minimum atomic E-state index is -3.22. The van der Waals surface area contributed by atoms with Crippen molar-refractivity contribution in [2.75, 3.05) is 0 Å². The standard InChI is InChI=1S/C27H27OP/c1-2-26-25-20-12-13-21-27(25)29(28-26,22-14-6-3-7-15-22,23-16-8-4-9-17-23)24-18-10-5-11-19-24/h3-21,25-27H,2H2,1H3/t25-,26?,27?/m1/s1. The van der Waals surface area contributed by atoms with Crippen LogP contribution in [0, 0.1) is 5.92 Å². The summed E-state index contributed by atoms with van der Waals surface area (Å²) in [6.07, 6.45) is 10.4. The van der Waals surface area contributed by atoms with Crippen molar-refractivity contribution in [1.29, 1.82) is 0 Å². The molecule has 3 aromatic rings. The Labute approximate surface area is 173 Å². The van der Waals surface area contributed by atoms with Gasteiger partial charge in [-0.25, -0.2) is 0 Å². The number of rotatable bonds is 4. The summed E-state index contributed by atoms with van der Waals surface area (Å²) in [4.78, 5) is 0. The number of hydrogen-bond donors (Lipinski definition) is 0. The number of benzene rings is 3.